The van der Waals surface area contributed by atoms with Crippen LogP contribution in [0.25, 0.3) is 11.3 Å². The number of carbonyl (C=O) groups excluding carboxylic acids is 1. The number of methoxy groups -OCH3 is 1. The quantitative estimate of drug-likeness (QED) is 0.665. The Bertz CT molecular complexity index is 845. The molecule has 0 radical (unpaired) electrons. The molecule has 0 aliphatic carbocycles. The fourth-order valence-electron chi connectivity index (χ4n) is 2.17. The molecule has 3 aromatic rings. The van der Waals surface area contributed by atoms with Gasteiger partial charge in [0.25, 0.3) is 0 Å². The van der Waals surface area contributed by atoms with Crippen LogP contribution >= 0.6 is 0 Å². The van der Waals surface area contributed by atoms with E-state index in [0.717, 1.165) is 5.56 Å². The van der Waals surface area contributed by atoms with Gasteiger partial charge in [-0.2, -0.15) is 0 Å². The second-order valence-electron chi connectivity index (χ2n) is 5.00. The van der Waals surface area contributed by atoms with Crippen molar-refractivity contribution in [3.8, 4) is 22.8 Å². The lowest BCUT2D eigenvalue weighted by molar-refractivity contribution is 0.0600. The number of benzene rings is 2. The minimum absolute atomic E-state index is 0.311. The van der Waals surface area contributed by atoms with Gasteiger partial charge in [0.05, 0.1) is 18.4 Å². The Morgan fingerprint density at radius 1 is 0.958 bits per heavy atom. The van der Waals surface area contributed by atoms with E-state index in [9.17, 15) is 9.18 Å². The molecule has 0 saturated carbocycles. The number of hydrogen-bond acceptors (Lipinski definition) is 4. The molecule has 4 nitrogen and oxygen atoms in total. The fourth-order valence-corrected chi connectivity index (χ4v) is 2.17. The Labute approximate surface area is 138 Å². The lowest BCUT2D eigenvalue weighted by Crippen LogP contribution is -2.01. The first-order valence-electron chi connectivity index (χ1n) is 7.24. The van der Waals surface area contributed by atoms with Gasteiger partial charge in [-0.15, -0.1) is 0 Å². The number of ether oxygens (including phenoxy) is 2. The number of rotatable bonds is 4. The Hall–Kier alpha value is -3.21. The molecule has 120 valence electrons. The molecule has 1 heterocycles. The van der Waals surface area contributed by atoms with Gasteiger partial charge >= 0.3 is 5.97 Å². The predicted molar refractivity (Wildman–Crippen MR) is 87.5 cm³/mol. The number of esters is 1. The number of halogens is 1. The third-order valence-electron chi connectivity index (χ3n) is 3.38. The topological polar surface area (TPSA) is 48.4 Å². The van der Waals surface area contributed by atoms with Crippen molar-refractivity contribution in [3.63, 3.8) is 0 Å². The summed E-state index contributed by atoms with van der Waals surface area (Å²) in [6.07, 6.45) is 1.56. The van der Waals surface area contributed by atoms with Crippen LogP contribution in [0.1, 0.15) is 10.4 Å². The average molecular weight is 323 g/mol. The Morgan fingerprint density at radius 2 is 1.58 bits per heavy atom. The normalized spacial score (nSPS) is 10.2. The van der Waals surface area contributed by atoms with Crippen LogP contribution in [0.15, 0.2) is 66.9 Å². The lowest BCUT2D eigenvalue weighted by atomic mass is 10.1. The first kappa shape index (κ1) is 15.7. The fraction of sp³-hybridized carbons (Fsp3) is 0.0526. The van der Waals surface area contributed by atoms with E-state index in [0.29, 0.717) is 22.8 Å². The molecule has 24 heavy (non-hydrogen) atoms. The molecule has 0 saturated heterocycles. The summed E-state index contributed by atoms with van der Waals surface area (Å²) in [5.74, 6) is 0.452. The Balaban J connectivity index is 1.79. The zero-order valence-electron chi connectivity index (χ0n) is 12.9. The van der Waals surface area contributed by atoms with Crippen LogP contribution in [0, 0.1) is 5.82 Å². The second kappa shape index (κ2) is 6.91. The molecule has 0 aliphatic heterocycles. The van der Waals surface area contributed by atoms with Gasteiger partial charge in [0.2, 0.25) is 0 Å². The van der Waals surface area contributed by atoms with Crippen LogP contribution < -0.4 is 4.74 Å². The summed E-state index contributed by atoms with van der Waals surface area (Å²) in [6.45, 7) is 0. The average Bonchev–Trinajstić information content (AvgIpc) is 2.64. The lowest BCUT2D eigenvalue weighted by Gasteiger charge is -2.07. The monoisotopic (exact) mass is 323 g/mol. The molecule has 0 unspecified atom stereocenters. The number of nitrogens with zero attached hydrogens (tertiary/aromatic N) is 1. The van der Waals surface area contributed by atoms with Crippen molar-refractivity contribution in [1.82, 2.24) is 4.98 Å². The summed E-state index contributed by atoms with van der Waals surface area (Å²) in [6, 6.07) is 16.3. The molecule has 0 spiro atoms. The highest BCUT2D eigenvalue weighted by Crippen LogP contribution is 2.25. The zero-order valence-corrected chi connectivity index (χ0v) is 12.9. The van der Waals surface area contributed by atoms with Gasteiger partial charge in [0.15, 0.2) is 0 Å². The first-order chi connectivity index (χ1) is 11.7. The number of carbonyl (C=O) groups is 1. The van der Waals surface area contributed by atoms with Crippen molar-refractivity contribution in [2.24, 2.45) is 0 Å². The number of aromatic nitrogens is 1. The van der Waals surface area contributed by atoms with Crippen LogP contribution in [0.3, 0.4) is 0 Å². The van der Waals surface area contributed by atoms with Crippen LogP contribution in [0.5, 0.6) is 11.5 Å². The van der Waals surface area contributed by atoms with Crippen molar-refractivity contribution in [2.45, 2.75) is 0 Å². The van der Waals surface area contributed by atoms with Crippen LogP contribution in [-0.2, 0) is 4.74 Å². The van der Waals surface area contributed by atoms with Gasteiger partial charge in [0.1, 0.15) is 17.3 Å². The summed E-state index contributed by atoms with van der Waals surface area (Å²) < 4.78 is 23.2. The van der Waals surface area contributed by atoms with Crippen LogP contribution in [0.2, 0.25) is 0 Å². The van der Waals surface area contributed by atoms with E-state index in [1.165, 1.54) is 19.2 Å². The first-order valence-corrected chi connectivity index (χ1v) is 7.24. The molecule has 0 amide bonds. The third kappa shape index (κ3) is 3.57. The molecule has 0 aliphatic rings. The summed E-state index contributed by atoms with van der Waals surface area (Å²) >= 11 is 0. The number of hydrogen-bond donors (Lipinski definition) is 0. The zero-order chi connectivity index (χ0) is 16.9. The second-order valence-corrected chi connectivity index (χ2v) is 5.00. The highest BCUT2D eigenvalue weighted by molar-refractivity contribution is 5.90. The summed E-state index contributed by atoms with van der Waals surface area (Å²) in [4.78, 5) is 15.8. The SMILES string of the molecule is COC(=O)c1ccnc(-c2ccc(Oc3ccc(F)cc3)cc2)c1. The van der Waals surface area contributed by atoms with Gasteiger partial charge in [-0.3, -0.25) is 4.98 Å². The maximum atomic E-state index is 12.9. The molecule has 1 aromatic heterocycles. The summed E-state index contributed by atoms with van der Waals surface area (Å²) in [7, 11) is 1.34. The van der Waals surface area contributed by atoms with Crippen LogP contribution in [0.4, 0.5) is 4.39 Å². The maximum Gasteiger partial charge on any atom is 0.337 e. The van der Waals surface area contributed by atoms with Gasteiger partial charge in [-0.25, -0.2) is 9.18 Å². The maximum absolute atomic E-state index is 12.9. The van der Waals surface area contributed by atoms with Gasteiger partial charge in [0, 0.05) is 11.8 Å². The molecule has 0 atom stereocenters. The molecule has 0 fully saturated rings. The van der Waals surface area contributed by atoms with Crippen molar-refractivity contribution in [3.05, 3.63) is 78.2 Å². The van der Waals surface area contributed by atoms with Gasteiger partial charge < -0.3 is 9.47 Å². The van der Waals surface area contributed by atoms with E-state index in [2.05, 4.69) is 4.98 Å². The van der Waals surface area contributed by atoms with E-state index in [-0.39, 0.29) is 5.82 Å². The third-order valence-corrected chi connectivity index (χ3v) is 3.38. The molecule has 3 rings (SSSR count). The van der Waals surface area contributed by atoms with Crippen molar-refractivity contribution >= 4 is 5.97 Å². The predicted octanol–water partition coefficient (Wildman–Crippen LogP) is 4.47. The molecule has 0 bridgehead atoms. The highest BCUT2D eigenvalue weighted by Gasteiger charge is 2.08. The molecular weight excluding hydrogens is 309 g/mol. The summed E-state index contributed by atoms with van der Waals surface area (Å²) in [5, 5.41) is 0. The van der Waals surface area contributed by atoms with Gasteiger partial charge in [-0.05, 0) is 60.7 Å². The number of pyridine rings is 1. The van der Waals surface area contributed by atoms with E-state index < -0.39 is 5.97 Å². The van der Waals surface area contributed by atoms with Crippen molar-refractivity contribution < 1.29 is 18.7 Å². The Morgan fingerprint density at radius 3 is 2.21 bits per heavy atom. The summed E-state index contributed by atoms with van der Waals surface area (Å²) in [5.41, 5.74) is 1.94. The smallest absolute Gasteiger partial charge is 0.337 e. The van der Waals surface area contributed by atoms with Crippen LogP contribution in [-0.4, -0.2) is 18.1 Å². The molecular formula is C19H14FNO3. The minimum atomic E-state index is -0.407. The minimum Gasteiger partial charge on any atom is -0.465 e. The van der Waals surface area contributed by atoms with E-state index in [1.54, 1.807) is 42.6 Å². The van der Waals surface area contributed by atoms with Crippen molar-refractivity contribution in [1.29, 1.82) is 0 Å². The van der Waals surface area contributed by atoms with E-state index in [4.69, 9.17) is 9.47 Å². The molecule has 5 heteroatoms. The highest BCUT2D eigenvalue weighted by atomic mass is 19.1. The molecule has 0 N–H and O–H groups in total. The van der Waals surface area contributed by atoms with Crippen molar-refractivity contribution in [2.75, 3.05) is 7.11 Å². The Kier molecular flexibility index (Phi) is 4.52. The van der Waals surface area contributed by atoms with E-state index in [1.807, 2.05) is 12.1 Å². The molecule has 2 aromatic carbocycles. The van der Waals surface area contributed by atoms with Gasteiger partial charge in [-0.1, -0.05) is 0 Å². The largest absolute Gasteiger partial charge is 0.465 e. The standard InChI is InChI=1S/C19H14FNO3/c1-23-19(22)14-10-11-21-18(12-14)13-2-6-16(7-3-13)24-17-8-4-15(20)5-9-17/h2-12H,1H3. The van der Waals surface area contributed by atoms with E-state index >= 15 is 0 Å².